The molecule has 1 rings (SSSR count). The fourth-order valence-corrected chi connectivity index (χ4v) is 3.52. The first-order chi connectivity index (χ1) is 9.21. The van der Waals surface area contributed by atoms with E-state index in [4.69, 9.17) is 15.9 Å². The van der Waals surface area contributed by atoms with Gasteiger partial charge in [0.1, 0.15) is 4.90 Å². The van der Waals surface area contributed by atoms with E-state index in [1.807, 2.05) is 0 Å². The largest absolute Gasteiger partial charge is 0.478 e. The van der Waals surface area contributed by atoms with Crippen molar-refractivity contribution in [1.82, 2.24) is 4.31 Å². The first-order valence-corrected chi connectivity index (χ1v) is 7.41. The van der Waals surface area contributed by atoms with E-state index in [0.717, 1.165) is 10.4 Å². The fraction of sp³-hybridized carbons (Fsp3) is 0.417. The van der Waals surface area contributed by atoms with E-state index in [1.54, 1.807) is 13.8 Å². The van der Waals surface area contributed by atoms with Crippen LogP contribution in [0, 0.1) is 0 Å². The van der Waals surface area contributed by atoms with Crippen LogP contribution in [0.1, 0.15) is 24.2 Å². The van der Waals surface area contributed by atoms with Crippen molar-refractivity contribution < 1.29 is 23.4 Å². The van der Waals surface area contributed by atoms with Gasteiger partial charge in [-0.15, -0.1) is 0 Å². The van der Waals surface area contributed by atoms with Gasteiger partial charge in [-0.1, -0.05) is 0 Å². The Kier molecular flexibility index (Phi) is 5.09. The highest BCUT2D eigenvalue weighted by Crippen LogP contribution is 2.24. The van der Waals surface area contributed by atoms with Crippen LogP contribution >= 0.6 is 0 Å². The highest BCUT2D eigenvalue weighted by Gasteiger charge is 2.28. The van der Waals surface area contributed by atoms with Crippen molar-refractivity contribution in [3.8, 4) is 0 Å². The molecule has 112 valence electrons. The molecule has 1 aromatic rings. The minimum absolute atomic E-state index is 0.0554. The van der Waals surface area contributed by atoms with Gasteiger partial charge in [-0.3, -0.25) is 0 Å². The predicted molar refractivity (Wildman–Crippen MR) is 73.9 cm³/mol. The minimum atomic E-state index is -3.88. The maximum absolute atomic E-state index is 12.5. The lowest BCUT2D eigenvalue weighted by Gasteiger charge is -2.25. The van der Waals surface area contributed by atoms with Crippen LogP contribution in [0.25, 0.3) is 0 Å². The zero-order chi connectivity index (χ0) is 15.5. The monoisotopic (exact) mass is 302 g/mol. The highest BCUT2D eigenvalue weighted by molar-refractivity contribution is 7.89. The lowest BCUT2D eigenvalue weighted by molar-refractivity contribution is 0.0697. The number of nitrogen functional groups attached to an aromatic ring is 1. The molecule has 0 amide bonds. The summed E-state index contributed by atoms with van der Waals surface area (Å²) in [4.78, 5) is 10.6. The molecule has 1 aromatic carbocycles. The molecule has 0 spiro atoms. The molecule has 0 saturated carbocycles. The molecule has 8 heteroatoms. The van der Waals surface area contributed by atoms with Gasteiger partial charge in [-0.05, 0) is 32.0 Å². The number of carboxylic acids is 1. The van der Waals surface area contributed by atoms with Gasteiger partial charge in [0, 0.05) is 12.6 Å². The molecule has 0 radical (unpaired) electrons. The maximum Gasteiger partial charge on any atom is 0.335 e. The van der Waals surface area contributed by atoms with Crippen molar-refractivity contribution in [3.05, 3.63) is 23.8 Å². The molecule has 4 N–H and O–H groups in total. The molecule has 0 atom stereocenters. The Bertz CT molecular complexity index is 598. The summed E-state index contributed by atoms with van der Waals surface area (Å²) < 4.78 is 26.0. The predicted octanol–water partition coefficient (Wildman–Crippen LogP) is 0.358. The highest BCUT2D eigenvalue weighted by atomic mass is 32.2. The van der Waals surface area contributed by atoms with Gasteiger partial charge < -0.3 is 15.9 Å². The average molecular weight is 302 g/mol. The van der Waals surface area contributed by atoms with Gasteiger partial charge >= 0.3 is 5.97 Å². The normalized spacial score (nSPS) is 12.1. The van der Waals surface area contributed by atoms with Crippen LogP contribution in [0.5, 0.6) is 0 Å². The first kappa shape index (κ1) is 16.4. The fourth-order valence-electron chi connectivity index (χ4n) is 1.80. The van der Waals surface area contributed by atoms with Gasteiger partial charge in [0.25, 0.3) is 0 Å². The number of anilines is 1. The van der Waals surface area contributed by atoms with E-state index in [-0.39, 0.29) is 35.3 Å². The molecule has 0 bridgehead atoms. The standard InChI is InChI=1S/C12H18N2O5S/c1-8(2)14(5-6-15)20(18,19)11-4-3-9(12(16)17)7-10(11)13/h3-4,7-8,15H,5-6,13H2,1-2H3,(H,16,17). The Labute approximate surface area is 117 Å². The number of nitrogens with zero attached hydrogens (tertiary/aromatic N) is 1. The van der Waals surface area contributed by atoms with Gasteiger partial charge in [-0.25, -0.2) is 13.2 Å². The third-order valence-electron chi connectivity index (χ3n) is 2.74. The van der Waals surface area contributed by atoms with Crippen LogP contribution < -0.4 is 5.73 Å². The number of carbonyl (C=O) groups is 1. The number of carboxylic acid groups (broad SMARTS) is 1. The van der Waals surface area contributed by atoms with Crippen molar-refractivity contribution in [3.63, 3.8) is 0 Å². The molecule has 0 aliphatic rings. The Morgan fingerprint density at radius 3 is 2.40 bits per heavy atom. The summed E-state index contributed by atoms with van der Waals surface area (Å²) in [6.07, 6.45) is 0. The van der Waals surface area contributed by atoms with Crippen LogP contribution in [0.2, 0.25) is 0 Å². The number of aliphatic hydroxyl groups excluding tert-OH is 1. The van der Waals surface area contributed by atoms with Crippen LogP contribution in [-0.4, -0.2) is 48.1 Å². The van der Waals surface area contributed by atoms with E-state index in [2.05, 4.69) is 0 Å². The van der Waals surface area contributed by atoms with Gasteiger partial charge in [0.05, 0.1) is 17.9 Å². The van der Waals surface area contributed by atoms with E-state index < -0.39 is 16.0 Å². The van der Waals surface area contributed by atoms with Crippen molar-refractivity contribution in [2.24, 2.45) is 0 Å². The molecule has 0 aromatic heterocycles. The van der Waals surface area contributed by atoms with Crippen LogP contribution in [-0.2, 0) is 10.0 Å². The first-order valence-electron chi connectivity index (χ1n) is 5.97. The molecule has 0 fully saturated rings. The summed E-state index contributed by atoms with van der Waals surface area (Å²) in [5, 5.41) is 17.8. The zero-order valence-corrected chi connectivity index (χ0v) is 12.1. The Morgan fingerprint density at radius 1 is 1.40 bits per heavy atom. The number of hydrogen-bond donors (Lipinski definition) is 3. The van der Waals surface area contributed by atoms with E-state index in [9.17, 15) is 13.2 Å². The van der Waals surface area contributed by atoms with Crippen molar-refractivity contribution >= 4 is 21.7 Å². The Morgan fingerprint density at radius 2 is 2.00 bits per heavy atom. The summed E-state index contributed by atoms with van der Waals surface area (Å²) in [6, 6.07) is 3.10. The summed E-state index contributed by atoms with van der Waals surface area (Å²) >= 11 is 0. The minimum Gasteiger partial charge on any atom is -0.478 e. The quantitative estimate of drug-likeness (QED) is 0.652. The summed E-state index contributed by atoms with van der Waals surface area (Å²) in [5.74, 6) is -1.18. The van der Waals surface area contributed by atoms with Crippen LogP contribution in [0.15, 0.2) is 23.1 Å². The Balaban J connectivity index is 3.31. The molecule has 7 nitrogen and oxygen atoms in total. The van der Waals surface area contributed by atoms with Crippen LogP contribution in [0.3, 0.4) is 0 Å². The topological polar surface area (TPSA) is 121 Å². The Hall–Kier alpha value is -1.64. The second kappa shape index (κ2) is 6.21. The van der Waals surface area contributed by atoms with Gasteiger partial charge in [0.15, 0.2) is 0 Å². The third kappa shape index (κ3) is 3.27. The average Bonchev–Trinajstić information content (AvgIpc) is 2.34. The van der Waals surface area contributed by atoms with Gasteiger partial charge in [0.2, 0.25) is 10.0 Å². The van der Waals surface area contributed by atoms with Gasteiger partial charge in [-0.2, -0.15) is 4.31 Å². The maximum atomic E-state index is 12.5. The third-order valence-corrected chi connectivity index (χ3v) is 4.89. The molecule has 0 heterocycles. The molecular weight excluding hydrogens is 284 g/mol. The van der Waals surface area contributed by atoms with Crippen molar-refractivity contribution in [1.29, 1.82) is 0 Å². The number of nitrogens with two attached hydrogens (primary N) is 1. The summed E-state index contributed by atoms with van der Waals surface area (Å²) in [6.45, 7) is 2.98. The van der Waals surface area contributed by atoms with E-state index in [1.165, 1.54) is 12.1 Å². The SMILES string of the molecule is CC(C)N(CCO)S(=O)(=O)c1ccc(C(=O)O)cc1N. The van der Waals surface area contributed by atoms with E-state index >= 15 is 0 Å². The van der Waals surface area contributed by atoms with Crippen LogP contribution in [0.4, 0.5) is 5.69 Å². The van der Waals surface area contributed by atoms with E-state index in [0.29, 0.717) is 0 Å². The van der Waals surface area contributed by atoms with Crippen molar-refractivity contribution in [2.45, 2.75) is 24.8 Å². The lowest BCUT2D eigenvalue weighted by atomic mass is 10.2. The number of aromatic carboxylic acids is 1. The zero-order valence-electron chi connectivity index (χ0n) is 11.3. The second-order valence-electron chi connectivity index (χ2n) is 4.49. The molecule has 0 aliphatic carbocycles. The lowest BCUT2D eigenvalue weighted by Crippen LogP contribution is -2.39. The number of aliphatic hydroxyl groups is 1. The summed E-state index contributed by atoms with van der Waals surface area (Å²) in [7, 11) is -3.88. The molecular formula is C12H18N2O5S. The number of hydrogen-bond acceptors (Lipinski definition) is 5. The summed E-state index contributed by atoms with van der Waals surface area (Å²) in [5.41, 5.74) is 5.43. The molecule has 0 aliphatic heterocycles. The number of rotatable bonds is 6. The molecule has 20 heavy (non-hydrogen) atoms. The van der Waals surface area contributed by atoms with Crippen molar-refractivity contribution in [2.75, 3.05) is 18.9 Å². The second-order valence-corrected chi connectivity index (χ2v) is 6.35. The number of sulfonamides is 1. The molecule has 0 saturated heterocycles. The number of benzene rings is 1. The molecule has 0 unspecified atom stereocenters. The smallest absolute Gasteiger partial charge is 0.335 e.